The summed E-state index contributed by atoms with van der Waals surface area (Å²) >= 11 is 0. The zero-order valence-electron chi connectivity index (χ0n) is 12.1. The molecule has 1 N–H and O–H groups in total. The Labute approximate surface area is 128 Å². The lowest BCUT2D eigenvalue weighted by Crippen LogP contribution is -2.37. The molecule has 2 aromatic carbocycles. The monoisotopic (exact) mass is 293 g/mol. The number of nitriles is 1. The Hall–Kier alpha value is -3.13. The number of hydrogen-bond donors (Lipinski definition) is 1. The third-order valence-corrected chi connectivity index (χ3v) is 3.05. The third kappa shape index (κ3) is 3.70. The van der Waals surface area contributed by atoms with Crippen LogP contribution in [0.5, 0.6) is 0 Å². The number of rotatable bonds is 4. The van der Waals surface area contributed by atoms with Crippen molar-refractivity contribution in [1.29, 1.82) is 5.26 Å². The van der Waals surface area contributed by atoms with E-state index in [2.05, 4.69) is 5.32 Å². The minimum Gasteiger partial charge on any atom is -0.325 e. The van der Waals surface area contributed by atoms with Gasteiger partial charge in [-0.05, 0) is 24.3 Å². The molecule has 0 saturated heterocycles. The summed E-state index contributed by atoms with van der Waals surface area (Å²) in [5.41, 5.74) is 1.44. The zero-order valence-corrected chi connectivity index (χ0v) is 12.1. The van der Waals surface area contributed by atoms with Crippen molar-refractivity contribution in [3.05, 3.63) is 60.2 Å². The van der Waals surface area contributed by atoms with Crippen LogP contribution in [0.2, 0.25) is 0 Å². The van der Waals surface area contributed by atoms with Crippen LogP contribution in [-0.2, 0) is 9.59 Å². The number of carbonyl (C=O) groups is 2. The first kappa shape index (κ1) is 15.3. The van der Waals surface area contributed by atoms with Crippen LogP contribution in [0.15, 0.2) is 54.6 Å². The molecule has 2 rings (SSSR count). The van der Waals surface area contributed by atoms with Gasteiger partial charge in [0.2, 0.25) is 11.8 Å². The van der Waals surface area contributed by atoms with Gasteiger partial charge in [0.15, 0.2) is 0 Å². The molecule has 0 fully saturated rings. The number of anilines is 2. The highest BCUT2D eigenvalue weighted by atomic mass is 16.2. The molecule has 0 saturated carbocycles. The molecule has 0 heterocycles. The van der Waals surface area contributed by atoms with E-state index in [1.807, 2.05) is 24.3 Å². The molecular weight excluding hydrogens is 278 g/mol. The van der Waals surface area contributed by atoms with Crippen molar-refractivity contribution in [2.24, 2.45) is 0 Å². The summed E-state index contributed by atoms with van der Waals surface area (Å²) < 4.78 is 0. The first-order chi connectivity index (χ1) is 10.6. The van der Waals surface area contributed by atoms with Crippen molar-refractivity contribution < 1.29 is 9.59 Å². The zero-order chi connectivity index (χ0) is 15.9. The van der Waals surface area contributed by atoms with Crippen LogP contribution in [0.25, 0.3) is 0 Å². The van der Waals surface area contributed by atoms with Crippen molar-refractivity contribution in [2.75, 3.05) is 16.8 Å². The summed E-state index contributed by atoms with van der Waals surface area (Å²) in [4.78, 5) is 25.2. The van der Waals surface area contributed by atoms with Crippen molar-refractivity contribution in [3.8, 4) is 6.07 Å². The molecule has 0 aliphatic rings. The Balaban J connectivity index is 2.18. The van der Waals surface area contributed by atoms with E-state index in [1.54, 1.807) is 36.4 Å². The van der Waals surface area contributed by atoms with Gasteiger partial charge in [0.25, 0.3) is 0 Å². The second-order valence-electron chi connectivity index (χ2n) is 4.65. The van der Waals surface area contributed by atoms with Crippen LogP contribution in [0.1, 0.15) is 12.5 Å². The van der Waals surface area contributed by atoms with Crippen LogP contribution in [0, 0.1) is 11.3 Å². The Morgan fingerprint density at radius 2 is 1.73 bits per heavy atom. The van der Waals surface area contributed by atoms with E-state index < -0.39 is 0 Å². The maximum Gasteiger partial charge on any atom is 0.244 e. The third-order valence-electron chi connectivity index (χ3n) is 3.05. The lowest BCUT2D eigenvalue weighted by atomic mass is 10.1. The van der Waals surface area contributed by atoms with Crippen LogP contribution < -0.4 is 10.2 Å². The fourth-order valence-electron chi connectivity index (χ4n) is 2.04. The molecule has 5 heteroatoms. The molecule has 5 nitrogen and oxygen atoms in total. The van der Waals surface area contributed by atoms with Gasteiger partial charge in [-0.15, -0.1) is 0 Å². The normalized spacial score (nSPS) is 9.64. The van der Waals surface area contributed by atoms with Crippen LogP contribution in [0.4, 0.5) is 11.4 Å². The number of hydrogen-bond acceptors (Lipinski definition) is 3. The molecule has 0 atom stereocenters. The Morgan fingerprint density at radius 3 is 2.36 bits per heavy atom. The van der Waals surface area contributed by atoms with Crippen LogP contribution in [0.3, 0.4) is 0 Å². The quantitative estimate of drug-likeness (QED) is 0.941. The highest BCUT2D eigenvalue weighted by Crippen LogP contribution is 2.19. The van der Waals surface area contributed by atoms with Crippen molar-refractivity contribution in [2.45, 2.75) is 6.92 Å². The summed E-state index contributed by atoms with van der Waals surface area (Å²) in [6.07, 6.45) is 0. The number of nitrogens with one attached hydrogen (secondary N) is 1. The predicted octanol–water partition coefficient (Wildman–Crippen LogP) is 2.55. The number of para-hydroxylation sites is 2. The first-order valence-corrected chi connectivity index (χ1v) is 6.74. The van der Waals surface area contributed by atoms with Gasteiger partial charge < -0.3 is 10.2 Å². The van der Waals surface area contributed by atoms with Crippen molar-refractivity contribution in [1.82, 2.24) is 0 Å². The molecule has 0 unspecified atom stereocenters. The van der Waals surface area contributed by atoms with Gasteiger partial charge in [-0.1, -0.05) is 30.3 Å². The van der Waals surface area contributed by atoms with Crippen LogP contribution >= 0.6 is 0 Å². The van der Waals surface area contributed by atoms with Gasteiger partial charge in [-0.2, -0.15) is 5.26 Å². The molecular formula is C17H15N3O2. The Morgan fingerprint density at radius 1 is 1.09 bits per heavy atom. The smallest absolute Gasteiger partial charge is 0.244 e. The first-order valence-electron chi connectivity index (χ1n) is 6.74. The topological polar surface area (TPSA) is 73.2 Å². The lowest BCUT2D eigenvalue weighted by molar-refractivity contribution is -0.120. The van der Waals surface area contributed by atoms with E-state index in [0.29, 0.717) is 16.9 Å². The van der Waals surface area contributed by atoms with E-state index in [1.165, 1.54) is 11.8 Å². The summed E-state index contributed by atoms with van der Waals surface area (Å²) in [5.74, 6) is -0.625. The summed E-state index contributed by atoms with van der Waals surface area (Å²) in [7, 11) is 0. The van der Waals surface area contributed by atoms with Crippen molar-refractivity contribution >= 4 is 23.2 Å². The molecule has 22 heavy (non-hydrogen) atoms. The second kappa shape index (κ2) is 7.04. The second-order valence-corrected chi connectivity index (χ2v) is 4.65. The fraction of sp³-hybridized carbons (Fsp3) is 0.118. The summed E-state index contributed by atoms with van der Waals surface area (Å²) in [6.45, 7) is 1.22. The lowest BCUT2D eigenvalue weighted by Gasteiger charge is -2.21. The van der Waals surface area contributed by atoms with E-state index in [4.69, 9.17) is 5.26 Å². The highest BCUT2D eigenvalue weighted by Gasteiger charge is 2.18. The number of carbonyl (C=O) groups excluding carboxylic acids is 2. The van der Waals surface area contributed by atoms with Gasteiger partial charge in [0, 0.05) is 12.6 Å². The average Bonchev–Trinajstić information content (AvgIpc) is 2.53. The molecule has 0 bridgehead atoms. The highest BCUT2D eigenvalue weighted by molar-refractivity contribution is 6.02. The SMILES string of the molecule is CC(=O)N(CC(=O)Nc1ccccc1)c1ccccc1C#N. The van der Waals surface area contributed by atoms with Gasteiger partial charge >= 0.3 is 0 Å². The summed E-state index contributed by atoms with van der Waals surface area (Å²) in [5, 5.41) is 11.8. The maximum absolute atomic E-state index is 12.1. The van der Waals surface area contributed by atoms with E-state index in [9.17, 15) is 9.59 Å². The van der Waals surface area contributed by atoms with E-state index in [-0.39, 0.29) is 18.4 Å². The Kier molecular flexibility index (Phi) is 4.89. The maximum atomic E-state index is 12.1. The van der Waals surface area contributed by atoms with E-state index >= 15 is 0 Å². The van der Waals surface area contributed by atoms with Crippen molar-refractivity contribution in [3.63, 3.8) is 0 Å². The molecule has 0 aliphatic carbocycles. The molecule has 2 aromatic rings. The van der Waals surface area contributed by atoms with Gasteiger partial charge in [0.1, 0.15) is 12.6 Å². The predicted molar refractivity (Wildman–Crippen MR) is 84.3 cm³/mol. The van der Waals surface area contributed by atoms with Gasteiger partial charge in [0.05, 0.1) is 11.3 Å². The van der Waals surface area contributed by atoms with Crippen LogP contribution in [-0.4, -0.2) is 18.4 Å². The minimum absolute atomic E-state index is 0.150. The molecule has 2 amide bonds. The average molecular weight is 293 g/mol. The number of nitrogens with zero attached hydrogens (tertiary/aromatic N) is 2. The molecule has 0 aromatic heterocycles. The summed E-state index contributed by atoms with van der Waals surface area (Å²) in [6, 6.07) is 17.7. The van der Waals surface area contributed by atoms with Gasteiger partial charge in [-0.25, -0.2) is 0 Å². The number of amides is 2. The molecule has 0 spiro atoms. The number of benzene rings is 2. The standard InChI is InChI=1S/C17H15N3O2/c1-13(21)20(16-10-6-5-7-14(16)11-18)12-17(22)19-15-8-3-2-4-9-15/h2-10H,12H2,1H3,(H,19,22). The van der Waals surface area contributed by atoms with Gasteiger partial charge in [-0.3, -0.25) is 9.59 Å². The minimum atomic E-state index is -0.325. The molecule has 0 aliphatic heterocycles. The largest absolute Gasteiger partial charge is 0.325 e. The molecule has 110 valence electrons. The molecule has 0 radical (unpaired) electrons. The fourth-order valence-corrected chi connectivity index (χ4v) is 2.04. The Bertz CT molecular complexity index is 720. The van der Waals surface area contributed by atoms with E-state index in [0.717, 1.165) is 0 Å².